The average Bonchev–Trinajstić information content (AvgIpc) is 3.01. The Bertz CT molecular complexity index is 686. The monoisotopic (exact) mass is 443 g/mol. The van der Waals surface area contributed by atoms with Crippen LogP contribution < -0.4 is 10.6 Å². The lowest BCUT2D eigenvalue weighted by atomic mass is 10.2. The number of guanidine groups is 1. The van der Waals surface area contributed by atoms with Gasteiger partial charge in [0.15, 0.2) is 5.96 Å². The van der Waals surface area contributed by atoms with Crippen LogP contribution in [0.25, 0.3) is 5.69 Å². The lowest BCUT2D eigenvalue weighted by Gasteiger charge is -2.11. The Morgan fingerprint density at radius 3 is 2.83 bits per heavy atom. The van der Waals surface area contributed by atoms with Crippen LogP contribution in [0, 0.1) is 11.7 Å². The molecular weight excluding hydrogens is 420 g/mol. The van der Waals surface area contributed by atoms with Gasteiger partial charge in [-0.25, -0.2) is 14.4 Å². The Morgan fingerprint density at radius 2 is 2.25 bits per heavy atom. The van der Waals surface area contributed by atoms with Crippen molar-refractivity contribution in [3.63, 3.8) is 0 Å². The molecule has 0 aliphatic heterocycles. The van der Waals surface area contributed by atoms with Crippen LogP contribution in [0.3, 0.4) is 0 Å². The molecule has 1 aliphatic carbocycles. The molecule has 0 saturated heterocycles. The Balaban J connectivity index is 0.00000208. The maximum atomic E-state index is 14.2. The fourth-order valence-electron chi connectivity index (χ4n) is 2.45. The molecule has 24 heavy (non-hydrogen) atoms. The molecule has 7 heteroatoms. The molecule has 1 aromatic carbocycles. The molecule has 5 nitrogen and oxygen atoms in total. The molecule has 2 atom stereocenters. The van der Waals surface area contributed by atoms with E-state index in [9.17, 15) is 4.39 Å². The van der Waals surface area contributed by atoms with Gasteiger partial charge in [-0.1, -0.05) is 13.0 Å². The second-order valence-electron chi connectivity index (χ2n) is 5.91. The topological polar surface area (TPSA) is 54.2 Å². The molecule has 2 aromatic rings. The van der Waals surface area contributed by atoms with Gasteiger partial charge in [-0.05, 0) is 37.0 Å². The van der Waals surface area contributed by atoms with Crippen LogP contribution in [0.1, 0.15) is 25.8 Å². The molecule has 0 radical (unpaired) electrons. The highest BCUT2D eigenvalue weighted by atomic mass is 127. The molecule has 0 spiro atoms. The summed E-state index contributed by atoms with van der Waals surface area (Å²) in [5.41, 5.74) is 1.33. The van der Waals surface area contributed by atoms with Crippen LogP contribution in [0.2, 0.25) is 0 Å². The minimum Gasteiger partial charge on any atom is -0.357 e. The Kier molecular flexibility index (Phi) is 6.59. The lowest BCUT2D eigenvalue weighted by molar-refractivity contribution is 0.615. The first-order chi connectivity index (χ1) is 11.2. The number of aliphatic imine (C=N–C) groups is 1. The van der Waals surface area contributed by atoms with E-state index in [1.54, 1.807) is 29.4 Å². The first kappa shape index (κ1) is 18.7. The summed E-state index contributed by atoms with van der Waals surface area (Å²) in [5, 5.41) is 6.62. The van der Waals surface area contributed by atoms with Crippen molar-refractivity contribution in [2.24, 2.45) is 10.9 Å². The van der Waals surface area contributed by atoms with Crippen molar-refractivity contribution in [3.05, 3.63) is 48.3 Å². The normalized spacial score (nSPS) is 19.5. The first-order valence-corrected chi connectivity index (χ1v) is 7.99. The summed E-state index contributed by atoms with van der Waals surface area (Å²) in [7, 11) is 0. The minimum atomic E-state index is -0.274. The molecule has 0 bridgehead atoms. The predicted molar refractivity (Wildman–Crippen MR) is 104 cm³/mol. The molecule has 1 saturated carbocycles. The molecule has 3 rings (SSSR count). The second-order valence-corrected chi connectivity index (χ2v) is 5.91. The van der Waals surface area contributed by atoms with Gasteiger partial charge in [0.05, 0.1) is 18.6 Å². The third-order valence-corrected chi connectivity index (χ3v) is 3.99. The zero-order valence-corrected chi connectivity index (χ0v) is 16.2. The maximum absolute atomic E-state index is 14.2. The van der Waals surface area contributed by atoms with Gasteiger partial charge < -0.3 is 15.2 Å². The number of aromatic nitrogens is 2. The van der Waals surface area contributed by atoms with Crippen molar-refractivity contribution in [2.75, 3.05) is 6.54 Å². The van der Waals surface area contributed by atoms with Crippen LogP contribution in [0.15, 0.2) is 41.9 Å². The van der Waals surface area contributed by atoms with Crippen LogP contribution in [0.4, 0.5) is 4.39 Å². The molecule has 1 aromatic heterocycles. The van der Waals surface area contributed by atoms with Crippen LogP contribution in [-0.4, -0.2) is 28.1 Å². The van der Waals surface area contributed by atoms with Gasteiger partial charge in [0.1, 0.15) is 5.82 Å². The molecule has 1 fully saturated rings. The summed E-state index contributed by atoms with van der Waals surface area (Å²) in [4.78, 5) is 8.48. The van der Waals surface area contributed by atoms with Gasteiger partial charge in [0, 0.05) is 25.0 Å². The van der Waals surface area contributed by atoms with Crippen LogP contribution in [0.5, 0.6) is 0 Å². The molecule has 0 amide bonds. The number of nitrogens with zero attached hydrogens (tertiary/aromatic N) is 3. The van der Waals surface area contributed by atoms with Crippen molar-refractivity contribution >= 4 is 29.9 Å². The average molecular weight is 443 g/mol. The van der Waals surface area contributed by atoms with Crippen molar-refractivity contribution in [2.45, 2.75) is 32.9 Å². The van der Waals surface area contributed by atoms with E-state index in [-0.39, 0.29) is 29.8 Å². The molecule has 1 aliphatic rings. The van der Waals surface area contributed by atoms with Crippen molar-refractivity contribution in [1.82, 2.24) is 20.2 Å². The van der Waals surface area contributed by atoms with Gasteiger partial charge in [0.25, 0.3) is 0 Å². The lowest BCUT2D eigenvalue weighted by Crippen LogP contribution is -2.39. The van der Waals surface area contributed by atoms with E-state index in [0.29, 0.717) is 24.2 Å². The minimum absolute atomic E-state index is 0. The summed E-state index contributed by atoms with van der Waals surface area (Å²) >= 11 is 0. The first-order valence-electron chi connectivity index (χ1n) is 7.99. The number of halogens is 2. The summed E-state index contributed by atoms with van der Waals surface area (Å²) < 4.78 is 15.9. The standard InChI is InChI=1S/C17H22FN5.HI/c1-3-20-17(22-15-8-12(15)2)21-10-13-4-5-16(14(18)9-13)23-7-6-19-11-23;/h4-7,9,11-12,15H,3,8,10H2,1-2H3,(H2,20,21,22);1H. The third-order valence-electron chi connectivity index (χ3n) is 3.99. The van der Waals surface area contributed by atoms with E-state index in [4.69, 9.17) is 0 Å². The second kappa shape index (κ2) is 8.46. The molecule has 130 valence electrons. The van der Waals surface area contributed by atoms with E-state index in [1.165, 1.54) is 12.5 Å². The Labute approximate surface area is 158 Å². The zero-order valence-electron chi connectivity index (χ0n) is 13.9. The SMILES string of the molecule is CCNC(=NCc1ccc(-n2ccnc2)c(F)c1)NC1CC1C.I. The Morgan fingerprint density at radius 1 is 1.46 bits per heavy atom. The molecule has 1 heterocycles. The van der Waals surface area contributed by atoms with Crippen molar-refractivity contribution in [3.8, 4) is 5.69 Å². The summed E-state index contributed by atoms with van der Waals surface area (Å²) in [6.45, 7) is 5.50. The molecular formula is C17H23FIN5. The largest absolute Gasteiger partial charge is 0.357 e. The number of benzene rings is 1. The van der Waals surface area contributed by atoms with Gasteiger partial charge in [0.2, 0.25) is 0 Å². The zero-order chi connectivity index (χ0) is 16.2. The van der Waals surface area contributed by atoms with E-state index in [2.05, 4.69) is 27.5 Å². The van der Waals surface area contributed by atoms with Crippen molar-refractivity contribution in [1.29, 1.82) is 0 Å². The van der Waals surface area contributed by atoms with Gasteiger partial charge in [-0.15, -0.1) is 24.0 Å². The highest BCUT2D eigenvalue weighted by molar-refractivity contribution is 14.0. The Hall–Kier alpha value is -1.64. The summed E-state index contributed by atoms with van der Waals surface area (Å²) in [6, 6.07) is 5.69. The third kappa shape index (κ3) is 4.68. The van der Waals surface area contributed by atoms with Crippen LogP contribution in [-0.2, 0) is 6.54 Å². The van der Waals surface area contributed by atoms with Crippen LogP contribution >= 0.6 is 24.0 Å². The number of nitrogens with one attached hydrogen (secondary N) is 2. The smallest absolute Gasteiger partial charge is 0.191 e. The predicted octanol–water partition coefficient (Wildman–Crippen LogP) is 3.09. The van der Waals surface area contributed by atoms with Gasteiger partial charge >= 0.3 is 0 Å². The van der Waals surface area contributed by atoms with E-state index >= 15 is 0 Å². The van der Waals surface area contributed by atoms with Crippen molar-refractivity contribution < 1.29 is 4.39 Å². The highest BCUT2D eigenvalue weighted by Gasteiger charge is 2.33. The quantitative estimate of drug-likeness (QED) is 0.425. The van der Waals surface area contributed by atoms with Gasteiger partial charge in [-0.3, -0.25) is 0 Å². The highest BCUT2D eigenvalue weighted by Crippen LogP contribution is 2.28. The fourth-order valence-corrected chi connectivity index (χ4v) is 2.45. The van der Waals surface area contributed by atoms with E-state index in [1.807, 2.05) is 13.0 Å². The summed E-state index contributed by atoms with van der Waals surface area (Å²) in [5.74, 6) is 1.22. The summed E-state index contributed by atoms with van der Waals surface area (Å²) in [6.07, 6.45) is 6.12. The molecule has 2 N–H and O–H groups in total. The number of imidazole rings is 1. The number of hydrogen-bond acceptors (Lipinski definition) is 2. The van der Waals surface area contributed by atoms with E-state index < -0.39 is 0 Å². The number of rotatable bonds is 5. The molecule has 2 unspecified atom stereocenters. The fraction of sp³-hybridized carbons (Fsp3) is 0.412. The van der Waals surface area contributed by atoms with E-state index in [0.717, 1.165) is 18.1 Å². The maximum Gasteiger partial charge on any atom is 0.191 e. The van der Waals surface area contributed by atoms with Gasteiger partial charge in [-0.2, -0.15) is 0 Å². The number of hydrogen-bond donors (Lipinski definition) is 2.